The minimum absolute atomic E-state index is 0.0348. The number of ketones is 1. The van der Waals surface area contributed by atoms with Crippen LogP contribution in [-0.4, -0.2) is 16.5 Å². The van der Waals surface area contributed by atoms with Crippen molar-refractivity contribution in [1.29, 1.82) is 0 Å². The van der Waals surface area contributed by atoms with Crippen LogP contribution in [0, 0.1) is 23.7 Å². The lowest BCUT2D eigenvalue weighted by Gasteiger charge is -2.47. The summed E-state index contributed by atoms with van der Waals surface area (Å²) in [5.41, 5.74) is -0.701. The van der Waals surface area contributed by atoms with E-state index in [4.69, 9.17) is 0 Å². The van der Waals surface area contributed by atoms with E-state index in [-0.39, 0.29) is 17.6 Å². The Labute approximate surface area is 105 Å². The average Bonchev–Trinajstić information content (AvgIpc) is 2.15. The molecule has 17 heavy (non-hydrogen) atoms. The zero-order chi connectivity index (χ0) is 13.2. The number of carbonyl (C=O) groups is 1. The van der Waals surface area contributed by atoms with Crippen molar-refractivity contribution in [3.63, 3.8) is 0 Å². The van der Waals surface area contributed by atoms with Gasteiger partial charge in [-0.05, 0) is 44.4 Å². The normalized spacial score (nSPS) is 38.1. The molecule has 0 aromatic carbocycles. The third-order valence-corrected chi connectivity index (χ3v) is 4.35. The van der Waals surface area contributed by atoms with Crippen LogP contribution in [0.4, 0.5) is 0 Å². The molecule has 1 aliphatic rings. The molecule has 0 heterocycles. The van der Waals surface area contributed by atoms with Gasteiger partial charge in [0.2, 0.25) is 0 Å². The highest BCUT2D eigenvalue weighted by Gasteiger charge is 2.44. The van der Waals surface area contributed by atoms with E-state index in [1.165, 1.54) is 0 Å². The van der Waals surface area contributed by atoms with Crippen molar-refractivity contribution in [2.24, 2.45) is 23.7 Å². The smallest absolute Gasteiger partial charge is 0.130 e. The van der Waals surface area contributed by atoms with Gasteiger partial charge in [-0.25, -0.2) is 0 Å². The maximum Gasteiger partial charge on any atom is 0.130 e. The second kappa shape index (κ2) is 5.34. The van der Waals surface area contributed by atoms with E-state index in [0.29, 0.717) is 18.3 Å². The molecule has 0 aromatic rings. The van der Waals surface area contributed by atoms with Gasteiger partial charge in [0.1, 0.15) is 5.78 Å². The fourth-order valence-electron chi connectivity index (χ4n) is 3.43. The fraction of sp³-hybridized carbons (Fsp3) is 0.800. The van der Waals surface area contributed by atoms with Crippen LogP contribution >= 0.6 is 0 Å². The minimum Gasteiger partial charge on any atom is -0.390 e. The van der Waals surface area contributed by atoms with Gasteiger partial charge in [-0.3, -0.25) is 0 Å². The monoisotopic (exact) mass is 238 g/mol. The zero-order valence-electron chi connectivity index (χ0n) is 11.6. The van der Waals surface area contributed by atoms with E-state index < -0.39 is 5.60 Å². The largest absolute Gasteiger partial charge is 0.390 e. The van der Waals surface area contributed by atoms with Crippen molar-refractivity contribution in [3.8, 4) is 0 Å². The average molecular weight is 238 g/mol. The van der Waals surface area contributed by atoms with Gasteiger partial charge in [-0.15, -0.1) is 6.58 Å². The van der Waals surface area contributed by atoms with E-state index in [2.05, 4.69) is 20.4 Å². The van der Waals surface area contributed by atoms with Gasteiger partial charge in [0, 0.05) is 12.3 Å². The zero-order valence-corrected chi connectivity index (χ0v) is 11.6. The van der Waals surface area contributed by atoms with Crippen LogP contribution in [0.1, 0.15) is 47.0 Å². The molecule has 0 aromatic heterocycles. The molecule has 2 heteroatoms. The molecule has 0 aliphatic heterocycles. The summed E-state index contributed by atoms with van der Waals surface area (Å²) in [6.45, 7) is 11.8. The molecule has 0 spiro atoms. The number of Topliss-reactive ketones (excluding diaryl/α,β-unsaturated/α-hetero) is 1. The van der Waals surface area contributed by atoms with Crippen molar-refractivity contribution in [3.05, 3.63) is 12.7 Å². The second-order valence-corrected chi connectivity index (χ2v) is 6.14. The molecule has 0 radical (unpaired) electrons. The third kappa shape index (κ3) is 3.19. The summed E-state index contributed by atoms with van der Waals surface area (Å²) in [5, 5.41) is 10.4. The maximum atomic E-state index is 11.4. The molecule has 98 valence electrons. The van der Waals surface area contributed by atoms with Crippen LogP contribution in [0.25, 0.3) is 0 Å². The number of aliphatic hydroxyl groups is 1. The fourth-order valence-corrected chi connectivity index (χ4v) is 3.43. The molecule has 4 unspecified atom stereocenters. The number of rotatable bonds is 4. The van der Waals surface area contributed by atoms with Crippen molar-refractivity contribution in [2.75, 3.05) is 0 Å². The Morgan fingerprint density at radius 2 is 2.18 bits per heavy atom. The number of carbonyl (C=O) groups excluding carboxylic acids is 1. The van der Waals surface area contributed by atoms with Crippen molar-refractivity contribution < 1.29 is 9.90 Å². The van der Waals surface area contributed by atoms with E-state index in [9.17, 15) is 9.90 Å². The molecule has 1 fully saturated rings. The highest BCUT2D eigenvalue weighted by atomic mass is 16.3. The van der Waals surface area contributed by atoms with Gasteiger partial charge in [0.15, 0.2) is 0 Å². The van der Waals surface area contributed by atoms with E-state index in [1.807, 2.05) is 13.0 Å². The van der Waals surface area contributed by atoms with Gasteiger partial charge in [0.25, 0.3) is 0 Å². The van der Waals surface area contributed by atoms with Gasteiger partial charge in [-0.2, -0.15) is 0 Å². The molecule has 0 saturated heterocycles. The highest BCUT2D eigenvalue weighted by Crippen LogP contribution is 2.46. The summed E-state index contributed by atoms with van der Waals surface area (Å²) >= 11 is 0. The van der Waals surface area contributed by atoms with E-state index in [0.717, 1.165) is 12.8 Å². The van der Waals surface area contributed by atoms with Crippen LogP contribution < -0.4 is 0 Å². The van der Waals surface area contributed by atoms with Gasteiger partial charge >= 0.3 is 0 Å². The summed E-state index contributed by atoms with van der Waals surface area (Å²) in [7, 11) is 0. The third-order valence-electron chi connectivity index (χ3n) is 4.35. The summed E-state index contributed by atoms with van der Waals surface area (Å²) in [4.78, 5) is 11.4. The molecule has 4 atom stereocenters. The SMILES string of the molecule is C=CC1C(CC(C)=O)C(C(C)C)CCC1(C)O. The van der Waals surface area contributed by atoms with E-state index in [1.54, 1.807) is 6.92 Å². The first-order chi connectivity index (χ1) is 7.79. The first kappa shape index (κ1) is 14.4. The molecule has 0 amide bonds. The Kier molecular flexibility index (Phi) is 4.54. The molecule has 1 saturated carbocycles. The Bertz CT molecular complexity index is 291. The predicted octanol–water partition coefficient (Wildman–Crippen LogP) is 3.20. The highest BCUT2D eigenvalue weighted by molar-refractivity contribution is 5.75. The summed E-state index contributed by atoms with van der Waals surface area (Å²) < 4.78 is 0. The first-order valence-corrected chi connectivity index (χ1v) is 6.64. The van der Waals surface area contributed by atoms with Crippen LogP contribution in [0.2, 0.25) is 0 Å². The summed E-state index contributed by atoms with van der Waals surface area (Å²) in [6.07, 6.45) is 4.23. The molecular formula is C15H26O2. The van der Waals surface area contributed by atoms with Crippen LogP contribution in [0.5, 0.6) is 0 Å². The minimum atomic E-state index is -0.701. The molecule has 0 bridgehead atoms. The van der Waals surface area contributed by atoms with Gasteiger partial charge < -0.3 is 9.90 Å². The second-order valence-electron chi connectivity index (χ2n) is 6.14. The van der Waals surface area contributed by atoms with Crippen LogP contribution in [0.15, 0.2) is 12.7 Å². The van der Waals surface area contributed by atoms with Crippen molar-refractivity contribution in [1.82, 2.24) is 0 Å². The lowest BCUT2D eigenvalue weighted by molar-refractivity contribution is -0.122. The Morgan fingerprint density at radius 3 is 2.59 bits per heavy atom. The molecular weight excluding hydrogens is 212 g/mol. The lowest BCUT2D eigenvalue weighted by atomic mass is 9.60. The molecule has 1 N–H and O–H groups in total. The van der Waals surface area contributed by atoms with E-state index >= 15 is 0 Å². The van der Waals surface area contributed by atoms with Gasteiger partial charge in [-0.1, -0.05) is 19.9 Å². The summed E-state index contributed by atoms with van der Waals surface area (Å²) in [6, 6.07) is 0. The Morgan fingerprint density at radius 1 is 1.59 bits per heavy atom. The van der Waals surface area contributed by atoms with Crippen LogP contribution in [0.3, 0.4) is 0 Å². The maximum absolute atomic E-state index is 11.4. The Hall–Kier alpha value is -0.630. The Balaban J connectivity index is 2.98. The van der Waals surface area contributed by atoms with Crippen LogP contribution in [-0.2, 0) is 4.79 Å². The molecule has 1 aliphatic carbocycles. The summed E-state index contributed by atoms with van der Waals surface area (Å²) in [5.74, 6) is 1.56. The number of hydrogen-bond acceptors (Lipinski definition) is 2. The van der Waals surface area contributed by atoms with Crippen molar-refractivity contribution in [2.45, 2.75) is 52.6 Å². The lowest BCUT2D eigenvalue weighted by Crippen LogP contribution is -2.47. The standard InChI is InChI=1S/C15H26O2/c1-6-14-13(9-11(4)16)12(10(2)3)7-8-15(14,5)17/h6,10,12-14,17H,1,7-9H2,2-5H3. The predicted molar refractivity (Wildman–Crippen MR) is 70.7 cm³/mol. The molecule has 1 rings (SSSR count). The topological polar surface area (TPSA) is 37.3 Å². The number of hydrogen-bond donors (Lipinski definition) is 1. The first-order valence-electron chi connectivity index (χ1n) is 6.64. The van der Waals surface area contributed by atoms with Gasteiger partial charge in [0.05, 0.1) is 5.60 Å². The van der Waals surface area contributed by atoms with Crippen molar-refractivity contribution >= 4 is 5.78 Å². The molecule has 2 nitrogen and oxygen atoms in total. The quantitative estimate of drug-likeness (QED) is 0.764.